The van der Waals surface area contributed by atoms with Crippen LogP contribution in [0.1, 0.15) is 43.0 Å². The van der Waals surface area contributed by atoms with Crippen LogP contribution in [0.25, 0.3) is 11.0 Å². The highest BCUT2D eigenvalue weighted by Gasteiger charge is 2.45. The van der Waals surface area contributed by atoms with Crippen molar-refractivity contribution in [3.63, 3.8) is 0 Å². The fourth-order valence-electron chi connectivity index (χ4n) is 2.89. The molecule has 19 heavy (non-hydrogen) atoms. The molecular formula is C15H15N3O. The predicted molar refractivity (Wildman–Crippen MR) is 71.7 cm³/mol. The number of nitrogens with zero attached hydrogens (tertiary/aromatic N) is 3. The monoisotopic (exact) mass is 253 g/mol. The van der Waals surface area contributed by atoms with Crippen molar-refractivity contribution in [3.05, 3.63) is 29.6 Å². The normalized spacial score (nSPS) is 20.3. The number of carbonyl (C=O) groups excluding carboxylic acids is 1. The zero-order valence-corrected chi connectivity index (χ0v) is 10.9. The number of fused-ring (bicyclic) bond motifs is 1. The van der Waals surface area contributed by atoms with E-state index < -0.39 is 0 Å². The molecule has 4 nitrogen and oxygen atoms in total. The third kappa shape index (κ3) is 1.57. The van der Waals surface area contributed by atoms with Gasteiger partial charge in [0.05, 0.1) is 16.6 Å². The average molecular weight is 253 g/mol. The van der Waals surface area contributed by atoms with Gasteiger partial charge in [0.25, 0.3) is 0 Å². The fourth-order valence-corrected chi connectivity index (χ4v) is 2.89. The molecule has 4 rings (SSSR count). The summed E-state index contributed by atoms with van der Waals surface area (Å²) in [6.07, 6.45) is 6.10. The first-order valence-corrected chi connectivity index (χ1v) is 6.79. The molecule has 0 unspecified atom stereocenters. The Kier molecular flexibility index (Phi) is 2.04. The van der Waals surface area contributed by atoms with Crippen LogP contribution >= 0.6 is 0 Å². The molecule has 0 bridgehead atoms. The van der Waals surface area contributed by atoms with Gasteiger partial charge in [-0.05, 0) is 43.4 Å². The minimum Gasteiger partial charge on any atom is -0.331 e. The highest BCUT2D eigenvalue weighted by atomic mass is 16.1. The van der Waals surface area contributed by atoms with Crippen LogP contribution in [0, 0.1) is 0 Å². The Morgan fingerprint density at radius 1 is 1.42 bits per heavy atom. The first-order valence-electron chi connectivity index (χ1n) is 6.79. The molecule has 0 spiro atoms. The van der Waals surface area contributed by atoms with Crippen LogP contribution in [0.3, 0.4) is 0 Å². The molecular weight excluding hydrogens is 238 g/mol. The van der Waals surface area contributed by atoms with Gasteiger partial charge in [-0.25, -0.2) is 9.78 Å². The van der Waals surface area contributed by atoms with Gasteiger partial charge in [0.15, 0.2) is 0 Å². The Hall–Kier alpha value is -1.93. The summed E-state index contributed by atoms with van der Waals surface area (Å²) in [6, 6.07) is 6.27. The van der Waals surface area contributed by atoms with Crippen LogP contribution in [0.4, 0.5) is 0 Å². The summed E-state index contributed by atoms with van der Waals surface area (Å²) in [4.78, 5) is 19.3. The number of aryl methyl sites for hydroxylation is 1. The second-order valence-corrected chi connectivity index (χ2v) is 5.74. The van der Waals surface area contributed by atoms with Crippen molar-refractivity contribution in [2.45, 2.75) is 37.1 Å². The molecule has 0 radical (unpaired) electrons. The Balaban J connectivity index is 1.85. The first kappa shape index (κ1) is 10.9. The summed E-state index contributed by atoms with van der Waals surface area (Å²) in [5, 5.41) is 0. The molecule has 4 heteroatoms. The number of benzene rings is 1. The van der Waals surface area contributed by atoms with E-state index in [4.69, 9.17) is 4.98 Å². The number of aromatic nitrogens is 2. The van der Waals surface area contributed by atoms with Gasteiger partial charge in [0.1, 0.15) is 5.82 Å². The van der Waals surface area contributed by atoms with E-state index >= 15 is 0 Å². The third-order valence-electron chi connectivity index (χ3n) is 4.38. The lowest BCUT2D eigenvalue weighted by atomic mass is 10.1. The Morgan fingerprint density at radius 3 is 2.84 bits per heavy atom. The molecule has 1 aromatic heterocycles. The molecule has 0 aliphatic heterocycles. The van der Waals surface area contributed by atoms with E-state index in [0.29, 0.717) is 5.92 Å². The maximum absolute atomic E-state index is 10.5. The lowest BCUT2D eigenvalue weighted by Crippen LogP contribution is -2.01. The molecule has 0 amide bonds. The smallest absolute Gasteiger partial charge is 0.235 e. The van der Waals surface area contributed by atoms with Gasteiger partial charge in [0.2, 0.25) is 6.08 Å². The van der Waals surface area contributed by atoms with Gasteiger partial charge in [-0.3, -0.25) is 0 Å². The minimum absolute atomic E-state index is 0.298. The number of rotatable bonds is 3. The molecule has 2 aliphatic carbocycles. The van der Waals surface area contributed by atoms with Crippen molar-refractivity contribution in [3.8, 4) is 0 Å². The quantitative estimate of drug-likeness (QED) is 0.623. The van der Waals surface area contributed by atoms with Crippen LogP contribution in [-0.2, 0) is 17.4 Å². The van der Waals surface area contributed by atoms with E-state index in [1.54, 1.807) is 6.08 Å². The molecule has 0 N–H and O–H groups in total. The Labute approximate surface area is 111 Å². The molecule has 1 aromatic carbocycles. The molecule has 2 fully saturated rings. The largest absolute Gasteiger partial charge is 0.331 e. The second-order valence-electron chi connectivity index (χ2n) is 5.74. The summed E-state index contributed by atoms with van der Waals surface area (Å²) in [5.41, 5.74) is 2.99. The minimum atomic E-state index is -0.298. The number of hydrogen-bond donors (Lipinski definition) is 0. The van der Waals surface area contributed by atoms with Crippen LogP contribution in [0.5, 0.6) is 0 Å². The summed E-state index contributed by atoms with van der Waals surface area (Å²) in [6.45, 7) is 0. The lowest BCUT2D eigenvalue weighted by molar-refractivity contribution is 0.556. The van der Waals surface area contributed by atoms with Crippen molar-refractivity contribution >= 4 is 17.1 Å². The molecule has 96 valence electrons. The van der Waals surface area contributed by atoms with Crippen molar-refractivity contribution in [2.75, 3.05) is 0 Å². The van der Waals surface area contributed by atoms with E-state index in [1.807, 2.05) is 0 Å². The first-order chi connectivity index (χ1) is 9.23. The molecule has 2 saturated carbocycles. The van der Waals surface area contributed by atoms with Crippen molar-refractivity contribution < 1.29 is 4.79 Å². The number of hydrogen-bond acceptors (Lipinski definition) is 3. The topological polar surface area (TPSA) is 47.2 Å². The van der Waals surface area contributed by atoms with Crippen molar-refractivity contribution in [1.82, 2.24) is 9.55 Å². The number of aliphatic imine (C=N–C) groups is 1. The summed E-state index contributed by atoms with van der Waals surface area (Å²) < 4.78 is 2.19. The van der Waals surface area contributed by atoms with Crippen LogP contribution in [-0.4, -0.2) is 15.6 Å². The number of isocyanates is 1. The Bertz CT molecular complexity index is 716. The summed E-state index contributed by atoms with van der Waals surface area (Å²) >= 11 is 0. The van der Waals surface area contributed by atoms with E-state index in [2.05, 4.69) is 34.8 Å². The average Bonchev–Trinajstić information content (AvgIpc) is 3.31. The van der Waals surface area contributed by atoms with Gasteiger partial charge < -0.3 is 4.57 Å². The second kappa shape index (κ2) is 3.55. The molecule has 0 atom stereocenters. The molecule has 0 saturated heterocycles. The zero-order valence-electron chi connectivity index (χ0n) is 10.9. The lowest BCUT2D eigenvalue weighted by Gasteiger charge is -2.07. The molecule has 2 aromatic rings. The summed E-state index contributed by atoms with van der Waals surface area (Å²) in [7, 11) is 2.08. The number of imidazole rings is 1. The zero-order chi connectivity index (χ0) is 13.0. The van der Waals surface area contributed by atoms with Crippen LogP contribution in [0.2, 0.25) is 0 Å². The van der Waals surface area contributed by atoms with E-state index in [1.165, 1.54) is 18.7 Å². The van der Waals surface area contributed by atoms with Gasteiger partial charge in [-0.1, -0.05) is 6.07 Å². The van der Waals surface area contributed by atoms with Gasteiger partial charge in [-0.2, -0.15) is 4.99 Å². The highest BCUT2D eigenvalue weighted by molar-refractivity contribution is 5.77. The van der Waals surface area contributed by atoms with Crippen molar-refractivity contribution in [2.24, 2.45) is 12.0 Å². The molecule has 2 aliphatic rings. The van der Waals surface area contributed by atoms with E-state index in [0.717, 1.165) is 29.4 Å². The van der Waals surface area contributed by atoms with Crippen LogP contribution in [0.15, 0.2) is 23.2 Å². The Morgan fingerprint density at radius 2 is 2.21 bits per heavy atom. The fraction of sp³-hybridized carbons (Fsp3) is 0.467. The van der Waals surface area contributed by atoms with Gasteiger partial charge in [0, 0.05) is 13.0 Å². The third-order valence-corrected chi connectivity index (χ3v) is 4.38. The van der Waals surface area contributed by atoms with Gasteiger partial charge in [-0.15, -0.1) is 0 Å². The predicted octanol–water partition coefficient (Wildman–Crippen LogP) is 2.78. The van der Waals surface area contributed by atoms with Crippen LogP contribution < -0.4 is 0 Å². The summed E-state index contributed by atoms with van der Waals surface area (Å²) in [5.74, 6) is 1.83. The maximum Gasteiger partial charge on any atom is 0.235 e. The SMILES string of the molecule is Cn1c(C2CC2)nc2cc(C3(N=C=O)CC3)ccc21. The van der Waals surface area contributed by atoms with Crippen molar-refractivity contribution in [1.29, 1.82) is 0 Å². The highest BCUT2D eigenvalue weighted by Crippen LogP contribution is 2.50. The molecule has 1 heterocycles. The standard InChI is InChI=1S/C15H15N3O/c1-18-13-5-4-11(15(6-7-15)16-9-19)8-12(13)17-14(18)10-2-3-10/h4-5,8,10H,2-3,6-7H2,1H3. The maximum atomic E-state index is 10.5. The van der Waals surface area contributed by atoms with E-state index in [9.17, 15) is 4.79 Å². The van der Waals surface area contributed by atoms with E-state index in [-0.39, 0.29) is 5.54 Å². The van der Waals surface area contributed by atoms with Gasteiger partial charge >= 0.3 is 0 Å².